The fraction of sp³-hybridized carbons (Fsp3) is 0.263. The number of fused-ring (bicyclic) bond motifs is 1. The molecule has 4 rings (SSSR count). The molecule has 7 heteroatoms. The van der Waals surface area contributed by atoms with Crippen LogP contribution in [0.25, 0.3) is 22.4 Å². The van der Waals surface area contributed by atoms with Gasteiger partial charge in [-0.3, -0.25) is 4.98 Å². The highest BCUT2D eigenvalue weighted by atomic mass is 16.6. The van der Waals surface area contributed by atoms with Gasteiger partial charge in [0.2, 0.25) is 0 Å². The molecule has 1 aliphatic heterocycles. The first-order chi connectivity index (χ1) is 12.8. The first-order valence-electron chi connectivity index (χ1n) is 8.47. The van der Waals surface area contributed by atoms with E-state index in [0.717, 1.165) is 41.1 Å². The molecular formula is C19H19N5O2. The highest BCUT2D eigenvalue weighted by Gasteiger charge is 2.19. The number of morpholine rings is 1. The number of oxime groups is 1. The Kier molecular flexibility index (Phi) is 4.70. The van der Waals surface area contributed by atoms with Crippen molar-refractivity contribution in [2.24, 2.45) is 5.16 Å². The van der Waals surface area contributed by atoms with E-state index in [0.29, 0.717) is 19.0 Å². The average Bonchev–Trinajstić information content (AvgIpc) is 2.72. The standard InChI is InChI=1S/C19H19N5O2/c1-25-21-13-14-11-16-17(20-12-14)19(24-7-9-26-10-8-24)23-18(22-16)15-5-3-2-4-6-15/h2-6,11-13H,7-10H2,1H3. The van der Waals surface area contributed by atoms with Gasteiger partial charge < -0.3 is 14.5 Å². The van der Waals surface area contributed by atoms with Crippen LogP contribution in [0.1, 0.15) is 5.56 Å². The lowest BCUT2D eigenvalue weighted by atomic mass is 10.2. The van der Waals surface area contributed by atoms with Gasteiger partial charge >= 0.3 is 0 Å². The third-order valence-corrected chi connectivity index (χ3v) is 4.19. The first-order valence-corrected chi connectivity index (χ1v) is 8.47. The van der Waals surface area contributed by atoms with Gasteiger partial charge in [0, 0.05) is 30.4 Å². The lowest BCUT2D eigenvalue weighted by molar-refractivity contribution is 0.122. The van der Waals surface area contributed by atoms with E-state index in [4.69, 9.17) is 19.5 Å². The van der Waals surface area contributed by atoms with Crippen LogP contribution in [0.2, 0.25) is 0 Å². The van der Waals surface area contributed by atoms with Crippen LogP contribution in [0.15, 0.2) is 47.8 Å². The molecule has 0 amide bonds. The maximum atomic E-state index is 5.47. The number of hydrogen-bond acceptors (Lipinski definition) is 7. The molecule has 0 N–H and O–H groups in total. The van der Waals surface area contributed by atoms with E-state index in [-0.39, 0.29) is 0 Å². The molecule has 0 spiro atoms. The molecule has 0 aliphatic carbocycles. The maximum absolute atomic E-state index is 5.47. The Bertz CT molecular complexity index is 924. The lowest BCUT2D eigenvalue weighted by Crippen LogP contribution is -2.37. The maximum Gasteiger partial charge on any atom is 0.162 e. The van der Waals surface area contributed by atoms with Gasteiger partial charge in [-0.15, -0.1) is 0 Å². The van der Waals surface area contributed by atoms with Gasteiger partial charge in [0.1, 0.15) is 12.6 Å². The van der Waals surface area contributed by atoms with E-state index in [1.54, 1.807) is 12.4 Å². The Balaban J connectivity index is 1.87. The van der Waals surface area contributed by atoms with E-state index in [1.165, 1.54) is 7.11 Å². The Labute approximate surface area is 151 Å². The predicted molar refractivity (Wildman–Crippen MR) is 100 cm³/mol. The summed E-state index contributed by atoms with van der Waals surface area (Å²) in [7, 11) is 1.51. The van der Waals surface area contributed by atoms with Crippen LogP contribution >= 0.6 is 0 Å². The molecule has 1 saturated heterocycles. The van der Waals surface area contributed by atoms with E-state index in [1.807, 2.05) is 36.4 Å². The summed E-state index contributed by atoms with van der Waals surface area (Å²) in [6.45, 7) is 2.94. The molecule has 0 unspecified atom stereocenters. The number of aromatic nitrogens is 3. The zero-order chi connectivity index (χ0) is 17.8. The van der Waals surface area contributed by atoms with Crippen molar-refractivity contribution in [1.29, 1.82) is 0 Å². The highest BCUT2D eigenvalue weighted by molar-refractivity contribution is 5.91. The van der Waals surface area contributed by atoms with Crippen LogP contribution in [0.3, 0.4) is 0 Å². The minimum Gasteiger partial charge on any atom is -0.399 e. The molecule has 1 fully saturated rings. The van der Waals surface area contributed by atoms with E-state index in [2.05, 4.69) is 15.0 Å². The third kappa shape index (κ3) is 3.34. The van der Waals surface area contributed by atoms with Gasteiger partial charge in [-0.1, -0.05) is 35.5 Å². The van der Waals surface area contributed by atoms with Gasteiger partial charge in [-0.2, -0.15) is 0 Å². The summed E-state index contributed by atoms with van der Waals surface area (Å²) in [4.78, 5) is 21.1. The van der Waals surface area contributed by atoms with Crippen molar-refractivity contribution in [2.75, 3.05) is 38.3 Å². The molecule has 0 atom stereocenters. The van der Waals surface area contributed by atoms with Crippen LogP contribution in [-0.2, 0) is 9.57 Å². The Morgan fingerprint density at radius 3 is 2.73 bits per heavy atom. The summed E-state index contributed by atoms with van der Waals surface area (Å²) in [5, 5.41) is 3.81. The van der Waals surface area contributed by atoms with Crippen LogP contribution in [-0.4, -0.2) is 54.6 Å². The molecule has 0 radical (unpaired) electrons. The number of hydrogen-bond donors (Lipinski definition) is 0. The summed E-state index contributed by atoms with van der Waals surface area (Å²) in [5.74, 6) is 1.52. The van der Waals surface area contributed by atoms with Crippen LogP contribution < -0.4 is 4.90 Å². The fourth-order valence-electron chi connectivity index (χ4n) is 2.91. The fourth-order valence-corrected chi connectivity index (χ4v) is 2.91. The van der Waals surface area contributed by atoms with E-state index < -0.39 is 0 Å². The van der Waals surface area contributed by atoms with Crippen LogP contribution in [0.5, 0.6) is 0 Å². The molecular weight excluding hydrogens is 330 g/mol. The monoisotopic (exact) mass is 349 g/mol. The molecule has 2 aromatic heterocycles. The molecule has 132 valence electrons. The number of benzene rings is 1. The van der Waals surface area contributed by atoms with Crippen molar-refractivity contribution in [3.63, 3.8) is 0 Å². The molecule has 1 aromatic carbocycles. The second kappa shape index (κ2) is 7.45. The first kappa shape index (κ1) is 16.4. The van der Waals surface area contributed by atoms with Crippen molar-refractivity contribution in [3.05, 3.63) is 48.2 Å². The molecule has 3 heterocycles. The van der Waals surface area contributed by atoms with Gasteiger partial charge in [0.15, 0.2) is 11.6 Å². The Morgan fingerprint density at radius 1 is 1.15 bits per heavy atom. The molecule has 0 bridgehead atoms. The van der Waals surface area contributed by atoms with Crippen molar-refractivity contribution in [1.82, 2.24) is 15.0 Å². The summed E-state index contributed by atoms with van der Waals surface area (Å²) >= 11 is 0. The summed E-state index contributed by atoms with van der Waals surface area (Å²) in [5.41, 5.74) is 3.35. The zero-order valence-electron chi connectivity index (χ0n) is 14.5. The summed E-state index contributed by atoms with van der Waals surface area (Å²) < 4.78 is 5.47. The largest absolute Gasteiger partial charge is 0.399 e. The summed E-state index contributed by atoms with van der Waals surface area (Å²) in [6.07, 6.45) is 3.37. The molecule has 0 saturated carbocycles. The van der Waals surface area contributed by atoms with Crippen molar-refractivity contribution in [3.8, 4) is 11.4 Å². The van der Waals surface area contributed by atoms with Crippen LogP contribution in [0.4, 0.5) is 5.82 Å². The number of nitrogens with zero attached hydrogens (tertiary/aromatic N) is 5. The second-order valence-corrected chi connectivity index (χ2v) is 5.89. The number of anilines is 1. The van der Waals surface area contributed by atoms with Gasteiger partial charge in [0.25, 0.3) is 0 Å². The minimum atomic E-state index is 0.683. The normalized spacial score (nSPS) is 14.9. The Morgan fingerprint density at radius 2 is 1.96 bits per heavy atom. The lowest BCUT2D eigenvalue weighted by Gasteiger charge is -2.28. The van der Waals surface area contributed by atoms with Gasteiger partial charge in [-0.05, 0) is 6.07 Å². The minimum absolute atomic E-state index is 0.683. The second-order valence-electron chi connectivity index (χ2n) is 5.89. The highest BCUT2D eigenvalue weighted by Crippen LogP contribution is 2.27. The van der Waals surface area contributed by atoms with Crippen molar-refractivity contribution in [2.45, 2.75) is 0 Å². The van der Waals surface area contributed by atoms with E-state index >= 15 is 0 Å². The zero-order valence-corrected chi connectivity index (χ0v) is 14.5. The number of pyridine rings is 1. The molecule has 3 aromatic rings. The SMILES string of the molecule is CON=Cc1cnc2c(N3CCOCC3)nc(-c3ccccc3)nc2c1. The van der Waals surface area contributed by atoms with Gasteiger partial charge in [-0.25, -0.2) is 9.97 Å². The Hall–Kier alpha value is -3.06. The molecule has 7 nitrogen and oxygen atoms in total. The molecule has 26 heavy (non-hydrogen) atoms. The average molecular weight is 349 g/mol. The van der Waals surface area contributed by atoms with Crippen molar-refractivity contribution < 1.29 is 9.57 Å². The van der Waals surface area contributed by atoms with Crippen molar-refractivity contribution >= 4 is 23.1 Å². The third-order valence-electron chi connectivity index (χ3n) is 4.19. The summed E-state index contributed by atoms with van der Waals surface area (Å²) in [6, 6.07) is 11.9. The molecule has 1 aliphatic rings. The van der Waals surface area contributed by atoms with Gasteiger partial charge in [0.05, 0.1) is 24.9 Å². The van der Waals surface area contributed by atoms with Crippen LogP contribution in [0, 0.1) is 0 Å². The topological polar surface area (TPSA) is 72.7 Å². The predicted octanol–water partition coefficient (Wildman–Crippen LogP) is 2.51. The number of ether oxygens (including phenoxy) is 1. The van der Waals surface area contributed by atoms with E-state index in [9.17, 15) is 0 Å². The quantitative estimate of drug-likeness (QED) is 0.532. The smallest absolute Gasteiger partial charge is 0.162 e. The number of rotatable bonds is 4.